The van der Waals surface area contributed by atoms with Crippen molar-refractivity contribution in [2.75, 3.05) is 7.11 Å². The van der Waals surface area contributed by atoms with Crippen LogP contribution in [0.25, 0.3) is 0 Å². The van der Waals surface area contributed by atoms with Crippen LogP contribution in [0.4, 0.5) is 0 Å². The Balaban J connectivity index is 2.16. The van der Waals surface area contributed by atoms with E-state index in [1.54, 1.807) is 14.0 Å². The molecule has 0 heterocycles. The van der Waals surface area contributed by atoms with Crippen molar-refractivity contribution in [3.63, 3.8) is 0 Å². The van der Waals surface area contributed by atoms with Crippen molar-refractivity contribution >= 4 is 0 Å². The average molecular weight is 264 g/mol. The third-order valence-electron chi connectivity index (χ3n) is 3.85. The van der Waals surface area contributed by atoms with Gasteiger partial charge in [0.25, 0.3) is 0 Å². The molecule has 0 aromatic heterocycles. The van der Waals surface area contributed by atoms with E-state index in [-0.39, 0.29) is 6.10 Å². The van der Waals surface area contributed by atoms with E-state index in [1.165, 1.54) is 12.8 Å². The number of aliphatic hydroxyl groups is 1. The fraction of sp³-hybridized carbons (Fsp3) is 0.625. The zero-order valence-electron chi connectivity index (χ0n) is 12.1. The van der Waals surface area contributed by atoms with Crippen LogP contribution in [0.5, 0.6) is 11.5 Å². The third-order valence-corrected chi connectivity index (χ3v) is 3.85. The maximum atomic E-state index is 9.83. The van der Waals surface area contributed by atoms with Gasteiger partial charge in [-0.2, -0.15) is 0 Å². The summed E-state index contributed by atoms with van der Waals surface area (Å²) in [4.78, 5) is 0. The van der Waals surface area contributed by atoms with Gasteiger partial charge in [0.05, 0.1) is 19.3 Å². The number of hydrogen-bond donors (Lipinski definition) is 1. The van der Waals surface area contributed by atoms with Crippen LogP contribution in [-0.4, -0.2) is 18.3 Å². The molecular formula is C16H24O3. The summed E-state index contributed by atoms with van der Waals surface area (Å²) >= 11 is 0. The number of rotatable bonds is 4. The van der Waals surface area contributed by atoms with Gasteiger partial charge in [-0.3, -0.25) is 0 Å². The number of methoxy groups -OCH3 is 1. The van der Waals surface area contributed by atoms with Crippen LogP contribution < -0.4 is 9.47 Å². The summed E-state index contributed by atoms with van der Waals surface area (Å²) in [6.07, 6.45) is 4.44. The van der Waals surface area contributed by atoms with Crippen LogP contribution in [0, 0.1) is 5.92 Å². The van der Waals surface area contributed by atoms with Gasteiger partial charge in [0, 0.05) is 11.6 Å². The molecule has 1 aromatic rings. The first-order chi connectivity index (χ1) is 9.10. The van der Waals surface area contributed by atoms with E-state index in [0.29, 0.717) is 0 Å². The van der Waals surface area contributed by atoms with E-state index in [9.17, 15) is 5.11 Å². The lowest BCUT2D eigenvalue weighted by Gasteiger charge is -2.28. The summed E-state index contributed by atoms with van der Waals surface area (Å²) in [5.74, 6) is 2.25. The highest BCUT2D eigenvalue weighted by Gasteiger charge is 2.22. The highest BCUT2D eigenvalue weighted by Crippen LogP contribution is 2.33. The van der Waals surface area contributed by atoms with Gasteiger partial charge in [0.15, 0.2) is 0 Å². The van der Waals surface area contributed by atoms with E-state index in [0.717, 1.165) is 35.8 Å². The molecule has 2 rings (SSSR count). The molecule has 106 valence electrons. The molecule has 2 unspecified atom stereocenters. The molecule has 19 heavy (non-hydrogen) atoms. The fourth-order valence-corrected chi connectivity index (χ4v) is 2.75. The van der Waals surface area contributed by atoms with Gasteiger partial charge < -0.3 is 14.6 Å². The van der Waals surface area contributed by atoms with Gasteiger partial charge in [-0.1, -0.05) is 13.3 Å². The molecule has 3 atom stereocenters. The van der Waals surface area contributed by atoms with Crippen molar-refractivity contribution in [1.82, 2.24) is 0 Å². The van der Waals surface area contributed by atoms with Gasteiger partial charge in [0.2, 0.25) is 0 Å². The van der Waals surface area contributed by atoms with E-state index in [1.807, 2.05) is 18.2 Å². The van der Waals surface area contributed by atoms with Crippen molar-refractivity contribution < 1.29 is 14.6 Å². The van der Waals surface area contributed by atoms with Crippen LogP contribution >= 0.6 is 0 Å². The van der Waals surface area contributed by atoms with E-state index >= 15 is 0 Å². The second kappa shape index (κ2) is 6.29. The fourth-order valence-electron chi connectivity index (χ4n) is 2.75. The molecular weight excluding hydrogens is 240 g/mol. The maximum Gasteiger partial charge on any atom is 0.129 e. The summed E-state index contributed by atoms with van der Waals surface area (Å²) in [6, 6.07) is 5.62. The lowest BCUT2D eigenvalue weighted by molar-refractivity contribution is 0.121. The monoisotopic (exact) mass is 264 g/mol. The third kappa shape index (κ3) is 3.63. The average Bonchev–Trinajstić information content (AvgIpc) is 2.38. The topological polar surface area (TPSA) is 38.7 Å². The predicted molar refractivity (Wildman–Crippen MR) is 75.7 cm³/mol. The number of benzene rings is 1. The van der Waals surface area contributed by atoms with Crippen LogP contribution in [0.1, 0.15) is 51.2 Å². The van der Waals surface area contributed by atoms with Crippen molar-refractivity contribution in [2.24, 2.45) is 5.92 Å². The molecule has 3 heteroatoms. The zero-order valence-corrected chi connectivity index (χ0v) is 12.1. The molecule has 1 aromatic carbocycles. The van der Waals surface area contributed by atoms with E-state index in [4.69, 9.17) is 9.47 Å². The van der Waals surface area contributed by atoms with Gasteiger partial charge in [-0.25, -0.2) is 0 Å². The summed E-state index contributed by atoms with van der Waals surface area (Å²) in [7, 11) is 1.64. The Morgan fingerprint density at radius 1 is 1.32 bits per heavy atom. The molecule has 1 N–H and O–H groups in total. The maximum absolute atomic E-state index is 9.83. The molecule has 0 bridgehead atoms. The van der Waals surface area contributed by atoms with E-state index in [2.05, 4.69) is 6.92 Å². The number of aliphatic hydroxyl groups excluding tert-OH is 1. The molecule has 1 saturated carbocycles. The summed E-state index contributed by atoms with van der Waals surface area (Å²) in [5, 5.41) is 9.83. The molecule has 1 aliphatic carbocycles. The quantitative estimate of drug-likeness (QED) is 0.901. The Bertz CT molecular complexity index is 414. The first-order valence-corrected chi connectivity index (χ1v) is 7.12. The normalized spacial score (nSPS) is 24.8. The van der Waals surface area contributed by atoms with Gasteiger partial charge in [0.1, 0.15) is 11.5 Å². The molecule has 3 nitrogen and oxygen atoms in total. The van der Waals surface area contributed by atoms with Crippen LogP contribution in [0.3, 0.4) is 0 Å². The Morgan fingerprint density at radius 3 is 2.74 bits per heavy atom. The second-order valence-corrected chi connectivity index (χ2v) is 5.59. The van der Waals surface area contributed by atoms with Crippen LogP contribution in [0.15, 0.2) is 18.2 Å². The predicted octanol–water partition coefficient (Wildman–Crippen LogP) is 3.71. The number of hydrogen-bond acceptors (Lipinski definition) is 3. The van der Waals surface area contributed by atoms with Crippen molar-refractivity contribution in [3.05, 3.63) is 23.8 Å². The molecule has 1 fully saturated rings. The largest absolute Gasteiger partial charge is 0.497 e. The summed E-state index contributed by atoms with van der Waals surface area (Å²) < 4.78 is 11.4. The first-order valence-electron chi connectivity index (χ1n) is 7.12. The Morgan fingerprint density at radius 2 is 2.11 bits per heavy atom. The molecule has 0 spiro atoms. The minimum absolute atomic E-state index is 0.258. The standard InChI is InChI=1S/C16H24O3/c1-11-5-4-6-14(9-11)19-16-10-13(18-3)7-8-15(16)12(2)17/h7-8,10-12,14,17H,4-6,9H2,1-3H3/t11?,12-,14?/m1/s1. The SMILES string of the molecule is COc1ccc([C@@H](C)O)c(OC2CCCC(C)C2)c1. The lowest BCUT2D eigenvalue weighted by Crippen LogP contribution is -2.24. The molecule has 0 aliphatic heterocycles. The van der Waals surface area contributed by atoms with Crippen LogP contribution in [-0.2, 0) is 0 Å². The highest BCUT2D eigenvalue weighted by molar-refractivity contribution is 5.42. The van der Waals surface area contributed by atoms with Crippen molar-refractivity contribution in [3.8, 4) is 11.5 Å². The highest BCUT2D eigenvalue weighted by atomic mass is 16.5. The Labute approximate surface area is 115 Å². The Hall–Kier alpha value is -1.22. The Kier molecular flexibility index (Phi) is 4.70. The van der Waals surface area contributed by atoms with Crippen LogP contribution in [0.2, 0.25) is 0 Å². The molecule has 0 saturated heterocycles. The number of ether oxygens (including phenoxy) is 2. The summed E-state index contributed by atoms with van der Waals surface area (Å²) in [6.45, 7) is 4.04. The van der Waals surface area contributed by atoms with Gasteiger partial charge in [-0.15, -0.1) is 0 Å². The smallest absolute Gasteiger partial charge is 0.129 e. The van der Waals surface area contributed by atoms with Gasteiger partial charge >= 0.3 is 0 Å². The van der Waals surface area contributed by atoms with Crippen molar-refractivity contribution in [2.45, 2.75) is 51.7 Å². The molecule has 0 amide bonds. The second-order valence-electron chi connectivity index (χ2n) is 5.59. The molecule has 0 radical (unpaired) electrons. The van der Waals surface area contributed by atoms with Gasteiger partial charge in [-0.05, 0) is 44.2 Å². The van der Waals surface area contributed by atoms with E-state index < -0.39 is 6.10 Å². The molecule has 1 aliphatic rings. The summed E-state index contributed by atoms with van der Waals surface area (Å²) in [5.41, 5.74) is 0.832. The zero-order chi connectivity index (χ0) is 13.8. The lowest BCUT2D eigenvalue weighted by atomic mass is 9.88. The minimum atomic E-state index is -0.526. The first kappa shape index (κ1) is 14.2. The van der Waals surface area contributed by atoms with Crippen molar-refractivity contribution in [1.29, 1.82) is 0 Å². The minimum Gasteiger partial charge on any atom is -0.497 e.